The number of nitrogens with zero attached hydrogens (tertiary/aromatic N) is 1. The van der Waals surface area contributed by atoms with E-state index in [0.717, 1.165) is 16.3 Å². The smallest absolute Gasteiger partial charge is 0.338 e. The number of rotatable bonds is 4. The fraction of sp³-hybridized carbons (Fsp3) is 0.0625. The van der Waals surface area contributed by atoms with Gasteiger partial charge in [-0.2, -0.15) is 0 Å². The van der Waals surface area contributed by atoms with Gasteiger partial charge in [-0.3, -0.25) is 4.79 Å². The second-order valence-corrected chi connectivity index (χ2v) is 6.08. The zero-order valence-corrected chi connectivity index (χ0v) is 13.7. The van der Waals surface area contributed by atoms with Gasteiger partial charge in [-0.05, 0) is 36.4 Å². The van der Waals surface area contributed by atoms with E-state index < -0.39 is 24.3 Å². The lowest BCUT2D eigenvalue weighted by atomic mass is 10.2. The van der Waals surface area contributed by atoms with Crippen LogP contribution in [-0.4, -0.2) is 23.5 Å². The highest BCUT2D eigenvalue weighted by atomic mass is 35.5. The molecule has 5 nitrogen and oxygen atoms in total. The Morgan fingerprint density at radius 3 is 2.88 bits per heavy atom. The Hall–Kier alpha value is -2.51. The van der Waals surface area contributed by atoms with Crippen molar-refractivity contribution in [1.82, 2.24) is 4.98 Å². The number of fused-ring (bicyclic) bond motifs is 1. The van der Waals surface area contributed by atoms with Crippen molar-refractivity contribution in [1.29, 1.82) is 0 Å². The summed E-state index contributed by atoms with van der Waals surface area (Å²) in [7, 11) is 0. The fourth-order valence-corrected chi connectivity index (χ4v) is 2.86. The quantitative estimate of drug-likeness (QED) is 0.713. The van der Waals surface area contributed by atoms with Crippen molar-refractivity contribution in [2.75, 3.05) is 11.9 Å². The summed E-state index contributed by atoms with van der Waals surface area (Å²) in [6.07, 6.45) is 0. The Kier molecular flexibility index (Phi) is 4.73. The number of ether oxygens (including phenoxy) is 1. The van der Waals surface area contributed by atoms with Crippen molar-refractivity contribution >= 4 is 50.7 Å². The molecule has 0 radical (unpaired) electrons. The molecular formula is C16H10ClFN2O3S. The van der Waals surface area contributed by atoms with Gasteiger partial charge in [0.2, 0.25) is 0 Å². The third kappa shape index (κ3) is 3.69. The van der Waals surface area contributed by atoms with Crippen molar-refractivity contribution in [3.05, 3.63) is 58.3 Å². The van der Waals surface area contributed by atoms with Gasteiger partial charge in [0, 0.05) is 5.69 Å². The maximum atomic E-state index is 13.0. The zero-order valence-electron chi connectivity index (χ0n) is 12.1. The number of amides is 1. The Balaban J connectivity index is 1.58. The molecule has 0 spiro atoms. The molecule has 0 fully saturated rings. The molecule has 3 aromatic rings. The molecule has 0 saturated carbocycles. The first-order valence-corrected chi connectivity index (χ1v) is 8.04. The third-order valence-electron chi connectivity index (χ3n) is 3.10. The van der Waals surface area contributed by atoms with E-state index >= 15 is 0 Å². The molecule has 122 valence electrons. The first-order chi connectivity index (χ1) is 11.5. The van der Waals surface area contributed by atoms with E-state index in [9.17, 15) is 14.0 Å². The van der Waals surface area contributed by atoms with Crippen LogP contribution in [0.25, 0.3) is 10.2 Å². The number of carbonyl (C=O) groups is 2. The van der Waals surface area contributed by atoms with E-state index in [2.05, 4.69) is 10.3 Å². The molecule has 0 saturated heterocycles. The van der Waals surface area contributed by atoms with Gasteiger partial charge in [0.1, 0.15) is 5.82 Å². The van der Waals surface area contributed by atoms with E-state index in [0.29, 0.717) is 11.3 Å². The molecule has 1 aromatic heterocycles. The summed E-state index contributed by atoms with van der Waals surface area (Å²) < 4.78 is 18.9. The number of carbonyl (C=O) groups excluding carboxylic acids is 2. The number of nitrogens with one attached hydrogen (secondary N) is 1. The summed E-state index contributed by atoms with van der Waals surface area (Å²) in [6.45, 7) is -0.464. The maximum Gasteiger partial charge on any atom is 0.338 e. The molecule has 0 unspecified atom stereocenters. The summed E-state index contributed by atoms with van der Waals surface area (Å²) in [6, 6.07) is 8.72. The minimum Gasteiger partial charge on any atom is -0.452 e. The molecule has 1 heterocycles. The van der Waals surface area contributed by atoms with Crippen molar-refractivity contribution in [2.24, 2.45) is 0 Å². The number of hydrogen-bond donors (Lipinski definition) is 1. The SMILES string of the molecule is O=C(COC(=O)c1ccc2ncsc2c1)Nc1ccc(F)c(Cl)c1. The Morgan fingerprint density at radius 1 is 1.25 bits per heavy atom. The predicted molar refractivity (Wildman–Crippen MR) is 89.9 cm³/mol. The fourth-order valence-electron chi connectivity index (χ4n) is 1.97. The number of benzene rings is 2. The highest BCUT2D eigenvalue weighted by molar-refractivity contribution is 7.16. The monoisotopic (exact) mass is 364 g/mol. The lowest BCUT2D eigenvalue weighted by Gasteiger charge is -2.07. The standard InChI is InChI=1S/C16H10ClFN2O3S/c17-11-6-10(2-3-12(11)18)20-15(21)7-23-16(22)9-1-4-13-14(5-9)24-8-19-13/h1-6,8H,7H2,(H,20,21). The normalized spacial score (nSPS) is 10.6. The van der Waals surface area contributed by atoms with Gasteiger partial charge in [-0.25, -0.2) is 14.2 Å². The number of halogens is 2. The van der Waals surface area contributed by atoms with Gasteiger partial charge in [-0.15, -0.1) is 11.3 Å². The summed E-state index contributed by atoms with van der Waals surface area (Å²) >= 11 is 7.03. The van der Waals surface area contributed by atoms with Crippen LogP contribution < -0.4 is 5.32 Å². The van der Waals surface area contributed by atoms with Crippen LogP contribution in [0.3, 0.4) is 0 Å². The van der Waals surface area contributed by atoms with Crippen molar-refractivity contribution in [3.63, 3.8) is 0 Å². The number of anilines is 1. The van der Waals surface area contributed by atoms with Crippen LogP contribution >= 0.6 is 22.9 Å². The highest BCUT2D eigenvalue weighted by Crippen LogP contribution is 2.20. The lowest BCUT2D eigenvalue weighted by Crippen LogP contribution is -2.20. The van der Waals surface area contributed by atoms with Crippen LogP contribution in [0.2, 0.25) is 5.02 Å². The molecule has 0 atom stereocenters. The highest BCUT2D eigenvalue weighted by Gasteiger charge is 2.12. The average molecular weight is 365 g/mol. The van der Waals surface area contributed by atoms with E-state index in [1.54, 1.807) is 23.7 Å². The van der Waals surface area contributed by atoms with Crippen LogP contribution in [0.1, 0.15) is 10.4 Å². The second-order valence-electron chi connectivity index (χ2n) is 4.79. The first-order valence-electron chi connectivity index (χ1n) is 6.78. The Morgan fingerprint density at radius 2 is 2.08 bits per heavy atom. The van der Waals surface area contributed by atoms with Crippen LogP contribution in [0, 0.1) is 5.82 Å². The molecule has 0 aliphatic heterocycles. The molecule has 1 N–H and O–H groups in total. The van der Waals surface area contributed by atoms with E-state index in [1.165, 1.54) is 23.5 Å². The minimum atomic E-state index is -0.613. The molecule has 1 amide bonds. The van der Waals surface area contributed by atoms with Crippen LogP contribution in [0.4, 0.5) is 10.1 Å². The Bertz CT molecular complexity index is 929. The minimum absolute atomic E-state index is 0.109. The van der Waals surface area contributed by atoms with Crippen LogP contribution in [0.15, 0.2) is 41.9 Å². The molecule has 0 aliphatic rings. The van der Waals surface area contributed by atoms with Gasteiger partial charge in [0.15, 0.2) is 6.61 Å². The summed E-state index contributed by atoms with van der Waals surface area (Å²) in [5, 5.41) is 2.36. The van der Waals surface area contributed by atoms with Gasteiger partial charge >= 0.3 is 5.97 Å². The summed E-state index contributed by atoms with van der Waals surface area (Å²) in [5.74, 6) is -1.75. The molecular weight excluding hydrogens is 355 g/mol. The molecule has 0 aliphatic carbocycles. The molecule has 3 rings (SSSR count). The predicted octanol–water partition coefficient (Wildman–Crippen LogP) is 3.88. The zero-order chi connectivity index (χ0) is 17.1. The van der Waals surface area contributed by atoms with E-state index in [1.807, 2.05) is 0 Å². The van der Waals surface area contributed by atoms with Gasteiger partial charge < -0.3 is 10.1 Å². The largest absolute Gasteiger partial charge is 0.452 e. The number of esters is 1. The van der Waals surface area contributed by atoms with Gasteiger partial charge in [0.05, 0.1) is 26.3 Å². The molecule has 0 bridgehead atoms. The molecule has 8 heteroatoms. The van der Waals surface area contributed by atoms with Crippen LogP contribution in [0.5, 0.6) is 0 Å². The van der Waals surface area contributed by atoms with Crippen molar-refractivity contribution in [2.45, 2.75) is 0 Å². The lowest BCUT2D eigenvalue weighted by molar-refractivity contribution is -0.119. The number of aromatic nitrogens is 1. The second kappa shape index (κ2) is 6.94. The van der Waals surface area contributed by atoms with Gasteiger partial charge in [0.25, 0.3) is 5.91 Å². The number of thiazole rings is 1. The van der Waals surface area contributed by atoms with E-state index in [4.69, 9.17) is 16.3 Å². The Labute approximate surface area is 145 Å². The number of hydrogen-bond acceptors (Lipinski definition) is 5. The average Bonchev–Trinajstić information content (AvgIpc) is 3.03. The van der Waals surface area contributed by atoms with Crippen molar-refractivity contribution < 1.29 is 18.7 Å². The molecule has 24 heavy (non-hydrogen) atoms. The summed E-state index contributed by atoms with van der Waals surface area (Å²) in [5.41, 5.74) is 3.13. The molecule has 2 aromatic carbocycles. The maximum absolute atomic E-state index is 13.0. The van der Waals surface area contributed by atoms with Gasteiger partial charge in [-0.1, -0.05) is 11.6 Å². The topological polar surface area (TPSA) is 68.3 Å². The van der Waals surface area contributed by atoms with Crippen molar-refractivity contribution in [3.8, 4) is 0 Å². The third-order valence-corrected chi connectivity index (χ3v) is 4.19. The van der Waals surface area contributed by atoms with E-state index in [-0.39, 0.29) is 5.02 Å². The first kappa shape index (κ1) is 16.4. The van der Waals surface area contributed by atoms with Crippen LogP contribution in [-0.2, 0) is 9.53 Å². The summed E-state index contributed by atoms with van der Waals surface area (Å²) in [4.78, 5) is 27.9.